The molecule has 0 unspecified atom stereocenters. The van der Waals surface area contributed by atoms with E-state index in [4.69, 9.17) is 15.1 Å². The standard InChI is InChI=1S/C12H6BrN3O3/c13-8-2-1-7(12(17)18)5-10(8)19-11-9(6-14)15-3-4-16-11/h1-5H,(H,17,18). The fourth-order valence-electron chi connectivity index (χ4n) is 1.30. The quantitative estimate of drug-likeness (QED) is 0.934. The molecule has 6 nitrogen and oxygen atoms in total. The minimum absolute atomic E-state index is 0.0215. The first-order valence-electron chi connectivity index (χ1n) is 5.03. The average molecular weight is 320 g/mol. The highest BCUT2D eigenvalue weighted by atomic mass is 79.9. The molecule has 0 atom stereocenters. The Labute approximate surface area is 116 Å². The van der Waals surface area contributed by atoms with Crippen LogP contribution in [0.2, 0.25) is 0 Å². The van der Waals surface area contributed by atoms with Crippen LogP contribution in [0.25, 0.3) is 0 Å². The number of nitrogens with zero attached hydrogens (tertiary/aromatic N) is 3. The summed E-state index contributed by atoms with van der Waals surface area (Å²) in [5, 5.41) is 17.8. The summed E-state index contributed by atoms with van der Waals surface area (Å²) < 4.78 is 5.96. The maximum Gasteiger partial charge on any atom is 0.335 e. The Bertz CT molecular complexity index is 682. The first-order chi connectivity index (χ1) is 9.11. The zero-order valence-electron chi connectivity index (χ0n) is 9.37. The van der Waals surface area contributed by atoms with Crippen molar-refractivity contribution in [3.8, 4) is 17.7 Å². The van der Waals surface area contributed by atoms with Gasteiger partial charge in [0, 0.05) is 12.4 Å². The average Bonchev–Trinajstić information content (AvgIpc) is 2.41. The summed E-state index contributed by atoms with van der Waals surface area (Å²) >= 11 is 3.23. The lowest BCUT2D eigenvalue weighted by molar-refractivity contribution is 0.0696. The summed E-state index contributed by atoms with van der Waals surface area (Å²) in [6, 6.07) is 6.15. The molecule has 1 N–H and O–H groups in total. The summed E-state index contributed by atoms with van der Waals surface area (Å²) in [6.45, 7) is 0. The minimum atomic E-state index is -1.07. The Morgan fingerprint density at radius 2 is 2.11 bits per heavy atom. The Hall–Kier alpha value is -2.46. The molecule has 1 aromatic heterocycles. The van der Waals surface area contributed by atoms with Gasteiger partial charge in [0.2, 0.25) is 5.69 Å². The second-order valence-electron chi connectivity index (χ2n) is 3.37. The number of carboxylic acid groups (broad SMARTS) is 1. The maximum atomic E-state index is 10.9. The third kappa shape index (κ3) is 2.86. The first-order valence-corrected chi connectivity index (χ1v) is 5.83. The van der Waals surface area contributed by atoms with Crippen molar-refractivity contribution in [2.75, 3.05) is 0 Å². The summed E-state index contributed by atoms with van der Waals surface area (Å²) in [7, 11) is 0. The van der Waals surface area contributed by atoms with Crippen molar-refractivity contribution in [3.63, 3.8) is 0 Å². The van der Waals surface area contributed by atoms with Gasteiger partial charge in [-0.15, -0.1) is 0 Å². The molecular formula is C12H6BrN3O3. The van der Waals surface area contributed by atoms with Crippen molar-refractivity contribution < 1.29 is 14.6 Å². The smallest absolute Gasteiger partial charge is 0.335 e. The van der Waals surface area contributed by atoms with Crippen LogP contribution in [0.4, 0.5) is 0 Å². The SMILES string of the molecule is N#Cc1nccnc1Oc1cc(C(=O)O)ccc1Br. The van der Waals surface area contributed by atoms with E-state index in [-0.39, 0.29) is 22.9 Å². The summed E-state index contributed by atoms with van der Waals surface area (Å²) in [4.78, 5) is 18.6. The van der Waals surface area contributed by atoms with Crippen molar-refractivity contribution >= 4 is 21.9 Å². The molecule has 0 saturated heterocycles. The predicted molar refractivity (Wildman–Crippen MR) is 67.9 cm³/mol. The molecule has 2 rings (SSSR count). The van der Waals surface area contributed by atoms with E-state index in [1.807, 2.05) is 6.07 Å². The number of ether oxygens (including phenoxy) is 1. The summed E-state index contributed by atoms with van der Waals surface area (Å²) in [5.41, 5.74) is 0.0933. The Kier molecular flexibility index (Phi) is 3.73. The zero-order valence-corrected chi connectivity index (χ0v) is 11.0. The molecule has 0 saturated carbocycles. The number of aromatic carboxylic acids is 1. The molecule has 0 amide bonds. The molecule has 2 aromatic rings. The van der Waals surface area contributed by atoms with Gasteiger partial charge in [-0.25, -0.2) is 14.8 Å². The molecule has 94 valence electrons. The van der Waals surface area contributed by atoms with Gasteiger partial charge in [-0.3, -0.25) is 0 Å². The molecule has 0 radical (unpaired) electrons. The van der Waals surface area contributed by atoms with E-state index in [9.17, 15) is 4.79 Å². The van der Waals surface area contributed by atoms with Gasteiger partial charge in [0.15, 0.2) is 0 Å². The fourth-order valence-corrected chi connectivity index (χ4v) is 1.62. The van der Waals surface area contributed by atoms with Crippen LogP contribution in [-0.2, 0) is 0 Å². The molecule has 0 spiro atoms. The van der Waals surface area contributed by atoms with Gasteiger partial charge in [0.1, 0.15) is 11.8 Å². The number of rotatable bonds is 3. The van der Waals surface area contributed by atoms with E-state index in [0.29, 0.717) is 4.47 Å². The van der Waals surface area contributed by atoms with Crippen molar-refractivity contribution in [2.24, 2.45) is 0 Å². The van der Waals surface area contributed by atoms with E-state index in [1.54, 1.807) is 6.07 Å². The van der Waals surface area contributed by atoms with E-state index >= 15 is 0 Å². The van der Waals surface area contributed by atoms with E-state index in [1.165, 1.54) is 24.5 Å². The molecule has 1 aromatic carbocycles. The molecule has 19 heavy (non-hydrogen) atoms. The zero-order chi connectivity index (χ0) is 13.8. The fraction of sp³-hybridized carbons (Fsp3) is 0. The van der Waals surface area contributed by atoms with Gasteiger partial charge in [0.05, 0.1) is 10.0 Å². The van der Waals surface area contributed by atoms with Gasteiger partial charge in [-0.2, -0.15) is 5.26 Å². The van der Waals surface area contributed by atoms with Crippen LogP contribution in [0.5, 0.6) is 11.6 Å². The third-order valence-electron chi connectivity index (χ3n) is 2.16. The molecule has 0 aliphatic carbocycles. The topological polar surface area (TPSA) is 96.1 Å². The van der Waals surface area contributed by atoms with Gasteiger partial charge in [-0.05, 0) is 34.1 Å². The highest BCUT2D eigenvalue weighted by molar-refractivity contribution is 9.10. The lowest BCUT2D eigenvalue weighted by atomic mass is 10.2. The van der Waals surface area contributed by atoms with Gasteiger partial charge in [-0.1, -0.05) is 0 Å². The van der Waals surface area contributed by atoms with Crippen LogP contribution >= 0.6 is 15.9 Å². The van der Waals surface area contributed by atoms with Crippen LogP contribution in [-0.4, -0.2) is 21.0 Å². The van der Waals surface area contributed by atoms with Crippen LogP contribution in [0.1, 0.15) is 16.1 Å². The summed E-state index contributed by atoms with van der Waals surface area (Å²) in [5.74, 6) is -0.804. The second kappa shape index (κ2) is 5.46. The third-order valence-corrected chi connectivity index (χ3v) is 2.81. The second-order valence-corrected chi connectivity index (χ2v) is 4.23. The van der Waals surface area contributed by atoms with Crippen molar-refractivity contribution in [3.05, 3.63) is 46.3 Å². The lowest BCUT2D eigenvalue weighted by Crippen LogP contribution is -1.99. The number of carboxylic acids is 1. The number of halogens is 1. The highest BCUT2D eigenvalue weighted by Crippen LogP contribution is 2.30. The van der Waals surface area contributed by atoms with Crippen molar-refractivity contribution in [1.29, 1.82) is 5.26 Å². The number of nitriles is 1. The molecule has 1 heterocycles. The highest BCUT2D eigenvalue weighted by Gasteiger charge is 2.12. The van der Waals surface area contributed by atoms with Crippen LogP contribution in [0.3, 0.4) is 0 Å². The van der Waals surface area contributed by atoms with Crippen molar-refractivity contribution in [1.82, 2.24) is 9.97 Å². The Morgan fingerprint density at radius 3 is 2.79 bits per heavy atom. The number of hydrogen-bond donors (Lipinski definition) is 1. The number of hydrogen-bond acceptors (Lipinski definition) is 5. The maximum absolute atomic E-state index is 10.9. The van der Waals surface area contributed by atoms with Crippen molar-refractivity contribution in [2.45, 2.75) is 0 Å². The van der Waals surface area contributed by atoms with E-state index in [0.717, 1.165) is 0 Å². The summed E-state index contributed by atoms with van der Waals surface area (Å²) in [6.07, 6.45) is 2.75. The molecule has 7 heteroatoms. The Morgan fingerprint density at radius 1 is 1.37 bits per heavy atom. The normalized spacial score (nSPS) is 9.68. The lowest BCUT2D eigenvalue weighted by Gasteiger charge is -2.08. The van der Waals surface area contributed by atoms with Crippen LogP contribution in [0, 0.1) is 11.3 Å². The monoisotopic (exact) mass is 319 g/mol. The van der Waals surface area contributed by atoms with Crippen LogP contribution < -0.4 is 4.74 Å². The predicted octanol–water partition coefficient (Wildman–Crippen LogP) is 2.60. The molecule has 0 aliphatic rings. The molecule has 0 bridgehead atoms. The van der Waals surface area contributed by atoms with Crippen LogP contribution in [0.15, 0.2) is 35.1 Å². The Balaban J connectivity index is 2.41. The van der Waals surface area contributed by atoms with Gasteiger partial charge < -0.3 is 9.84 Å². The first kappa shape index (κ1) is 13.0. The number of carbonyl (C=O) groups is 1. The molecule has 0 fully saturated rings. The number of benzene rings is 1. The largest absolute Gasteiger partial charge is 0.478 e. The minimum Gasteiger partial charge on any atom is -0.478 e. The van der Waals surface area contributed by atoms with E-state index in [2.05, 4.69) is 25.9 Å². The molecule has 0 aliphatic heterocycles. The van der Waals surface area contributed by atoms with E-state index < -0.39 is 5.97 Å². The molecular weight excluding hydrogens is 314 g/mol. The number of aromatic nitrogens is 2. The van der Waals surface area contributed by atoms with Gasteiger partial charge in [0.25, 0.3) is 5.88 Å². The van der Waals surface area contributed by atoms with Gasteiger partial charge >= 0.3 is 5.97 Å².